The fourth-order valence-corrected chi connectivity index (χ4v) is 2.08. The maximum atomic E-state index is 9.16. The highest BCUT2D eigenvalue weighted by molar-refractivity contribution is 14.1. The molecule has 1 rings (SSSR count). The fraction of sp³-hybridized carbons (Fsp3) is 0. The molecule has 0 saturated heterocycles. The fourth-order valence-electron chi connectivity index (χ4n) is 0.557. The molecular formula is C6H2Cl3IO. The highest BCUT2D eigenvalue weighted by Gasteiger charge is 2.11. The minimum atomic E-state index is -0.168. The summed E-state index contributed by atoms with van der Waals surface area (Å²) in [5, 5.41) is 9.80. The molecule has 60 valence electrons. The summed E-state index contributed by atoms with van der Waals surface area (Å²) in [5.74, 6) is -0.168. The van der Waals surface area contributed by atoms with Crippen molar-refractivity contribution in [2.45, 2.75) is 0 Å². The first-order valence-electron chi connectivity index (χ1n) is 2.56. The molecule has 0 aromatic heterocycles. The van der Waals surface area contributed by atoms with E-state index in [4.69, 9.17) is 39.9 Å². The predicted molar refractivity (Wildman–Crippen MR) is 55.9 cm³/mol. The van der Waals surface area contributed by atoms with E-state index in [0.717, 1.165) is 3.57 Å². The second-order valence-corrected chi connectivity index (χ2v) is 4.14. The molecule has 5 heteroatoms. The van der Waals surface area contributed by atoms with Crippen molar-refractivity contribution in [2.24, 2.45) is 0 Å². The van der Waals surface area contributed by atoms with Crippen LogP contribution < -0.4 is 0 Å². The maximum Gasteiger partial charge on any atom is 0.154 e. The zero-order valence-electron chi connectivity index (χ0n) is 5.04. The molecule has 0 aliphatic rings. The molecule has 0 heterocycles. The van der Waals surface area contributed by atoms with E-state index >= 15 is 0 Å². The number of hydrogen-bond acceptors (Lipinski definition) is 1. The van der Waals surface area contributed by atoms with E-state index in [0.29, 0.717) is 5.02 Å². The van der Waals surface area contributed by atoms with Gasteiger partial charge in [-0.05, 0) is 28.7 Å². The van der Waals surface area contributed by atoms with Crippen LogP contribution in [0.25, 0.3) is 0 Å². The molecule has 0 unspecified atom stereocenters. The lowest BCUT2D eigenvalue weighted by Crippen LogP contribution is -1.78. The summed E-state index contributed by atoms with van der Waals surface area (Å²) >= 11 is 18.9. The Morgan fingerprint density at radius 3 is 2.27 bits per heavy atom. The smallest absolute Gasteiger partial charge is 0.154 e. The van der Waals surface area contributed by atoms with Gasteiger partial charge < -0.3 is 5.11 Å². The molecule has 1 aromatic rings. The van der Waals surface area contributed by atoms with Gasteiger partial charge in [-0.1, -0.05) is 34.8 Å². The molecule has 1 nitrogen and oxygen atoms in total. The van der Waals surface area contributed by atoms with Gasteiger partial charge in [0, 0.05) is 3.57 Å². The van der Waals surface area contributed by atoms with Gasteiger partial charge in [0.1, 0.15) is 5.02 Å². The normalized spacial score (nSPS) is 10.2. The summed E-state index contributed by atoms with van der Waals surface area (Å²) in [6, 6.07) is 1.55. The first-order chi connectivity index (χ1) is 5.04. The molecule has 0 atom stereocenters. The van der Waals surface area contributed by atoms with Crippen LogP contribution in [-0.4, -0.2) is 5.11 Å². The lowest BCUT2D eigenvalue weighted by Gasteiger charge is -2.03. The Balaban J connectivity index is 3.46. The average molecular weight is 323 g/mol. The van der Waals surface area contributed by atoms with Gasteiger partial charge in [-0.3, -0.25) is 0 Å². The Morgan fingerprint density at radius 1 is 1.18 bits per heavy atom. The van der Waals surface area contributed by atoms with Gasteiger partial charge >= 0.3 is 0 Å². The number of phenols is 1. The molecule has 1 N–H and O–H groups in total. The van der Waals surface area contributed by atoms with Gasteiger partial charge in [-0.2, -0.15) is 0 Å². The van der Waals surface area contributed by atoms with Gasteiger partial charge in [-0.25, -0.2) is 0 Å². The van der Waals surface area contributed by atoms with Crippen LogP contribution in [0.3, 0.4) is 0 Å². The van der Waals surface area contributed by atoms with Crippen molar-refractivity contribution in [1.82, 2.24) is 0 Å². The summed E-state index contributed by atoms with van der Waals surface area (Å²) in [4.78, 5) is 0. The molecule has 0 fully saturated rings. The van der Waals surface area contributed by atoms with Gasteiger partial charge in [-0.15, -0.1) is 0 Å². The Labute approximate surface area is 92.4 Å². The van der Waals surface area contributed by atoms with Crippen molar-refractivity contribution < 1.29 is 5.11 Å². The van der Waals surface area contributed by atoms with E-state index in [1.54, 1.807) is 6.07 Å². The van der Waals surface area contributed by atoms with Crippen LogP contribution >= 0.6 is 57.4 Å². The molecule has 0 radical (unpaired) electrons. The van der Waals surface area contributed by atoms with Gasteiger partial charge in [0.05, 0.1) is 10.0 Å². The molecule has 1 aromatic carbocycles. The predicted octanol–water partition coefficient (Wildman–Crippen LogP) is 3.96. The summed E-state index contributed by atoms with van der Waals surface area (Å²) in [5.41, 5.74) is 0. The summed E-state index contributed by atoms with van der Waals surface area (Å²) in [6.45, 7) is 0. The number of rotatable bonds is 0. The lowest BCUT2D eigenvalue weighted by atomic mass is 10.3. The van der Waals surface area contributed by atoms with Crippen molar-refractivity contribution in [3.05, 3.63) is 24.7 Å². The van der Waals surface area contributed by atoms with E-state index in [1.807, 2.05) is 22.6 Å². The van der Waals surface area contributed by atoms with E-state index in [9.17, 15) is 0 Å². The third kappa shape index (κ3) is 1.86. The number of hydrogen-bond donors (Lipinski definition) is 1. The van der Waals surface area contributed by atoms with Crippen molar-refractivity contribution in [1.29, 1.82) is 0 Å². The molecule has 0 aliphatic carbocycles. The van der Waals surface area contributed by atoms with Crippen LogP contribution in [-0.2, 0) is 0 Å². The highest BCUT2D eigenvalue weighted by Crippen LogP contribution is 2.39. The first kappa shape index (κ1) is 9.71. The quantitative estimate of drug-likeness (QED) is 0.435. The average Bonchev–Trinajstić information content (AvgIpc) is 1.97. The number of benzene rings is 1. The minimum Gasteiger partial charge on any atom is -0.505 e. The van der Waals surface area contributed by atoms with Crippen molar-refractivity contribution >= 4 is 57.4 Å². The highest BCUT2D eigenvalue weighted by atomic mass is 127. The lowest BCUT2D eigenvalue weighted by molar-refractivity contribution is 0.476. The zero-order valence-corrected chi connectivity index (χ0v) is 9.46. The van der Waals surface area contributed by atoms with Crippen LogP contribution in [0.4, 0.5) is 0 Å². The summed E-state index contributed by atoms with van der Waals surface area (Å²) < 4.78 is 0.720. The van der Waals surface area contributed by atoms with Crippen LogP contribution in [0.15, 0.2) is 6.07 Å². The minimum absolute atomic E-state index is 0.101. The van der Waals surface area contributed by atoms with Crippen LogP contribution in [0, 0.1) is 3.57 Å². The number of aromatic hydroxyl groups is 1. The van der Waals surface area contributed by atoms with Crippen molar-refractivity contribution in [3.63, 3.8) is 0 Å². The molecule has 0 saturated carbocycles. The standard InChI is InChI=1S/C6H2Cl3IO/c7-2-1-3(10)4(8)5(9)6(2)11/h1,11H. The molecular weight excluding hydrogens is 321 g/mol. The number of phenolic OH excluding ortho intramolecular Hbond substituents is 1. The number of halogens is 4. The molecule has 0 amide bonds. The molecule has 0 bridgehead atoms. The second-order valence-electron chi connectivity index (χ2n) is 1.82. The zero-order chi connectivity index (χ0) is 8.59. The monoisotopic (exact) mass is 322 g/mol. The van der Waals surface area contributed by atoms with Gasteiger partial charge in [0.2, 0.25) is 0 Å². The third-order valence-corrected chi connectivity index (χ3v) is 3.41. The van der Waals surface area contributed by atoms with Gasteiger partial charge in [0.25, 0.3) is 0 Å². The van der Waals surface area contributed by atoms with Crippen molar-refractivity contribution in [2.75, 3.05) is 0 Å². The topological polar surface area (TPSA) is 20.2 Å². The SMILES string of the molecule is Oc1c(Cl)cc(I)c(Cl)c1Cl. The van der Waals surface area contributed by atoms with Crippen LogP contribution in [0.1, 0.15) is 0 Å². The van der Waals surface area contributed by atoms with E-state index in [-0.39, 0.29) is 15.8 Å². The maximum absolute atomic E-state index is 9.16. The van der Waals surface area contributed by atoms with E-state index in [1.165, 1.54) is 0 Å². The van der Waals surface area contributed by atoms with Crippen LogP contribution in [0.5, 0.6) is 5.75 Å². The third-order valence-electron chi connectivity index (χ3n) is 1.09. The largest absolute Gasteiger partial charge is 0.505 e. The Morgan fingerprint density at radius 2 is 1.73 bits per heavy atom. The van der Waals surface area contributed by atoms with E-state index < -0.39 is 0 Å². The second kappa shape index (κ2) is 3.56. The molecule has 0 aliphatic heterocycles. The van der Waals surface area contributed by atoms with Crippen molar-refractivity contribution in [3.8, 4) is 5.75 Å². The molecule has 0 spiro atoms. The first-order valence-corrected chi connectivity index (χ1v) is 4.77. The Kier molecular flexibility index (Phi) is 3.14. The Bertz CT molecular complexity index is 274. The Hall–Kier alpha value is 0.620. The molecule has 11 heavy (non-hydrogen) atoms. The van der Waals surface area contributed by atoms with Crippen LogP contribution in [0.2, 0.25) is 15.1 Å². The summed E-state index contributed by atoms with van der Waals surface area (Å²) in [7, 11) is 0. The van der Waals surface area contributed by atoms with Gasteiger partial charge in [0.15, 0.2) is 5.75 Å². The van der Waals surface area contributed by atoms with E-state index in [2.05, 4.69) is 0 Å². The summed E-state index contributed by atoms with van der Waals surface area (Å²) in [6.07, 6.45) is 0.